The monoisotopic (exact) mass is 458 g/mol. The zero-order valence-electron chi connectivity index (χ0n) is 18.5. The van der Waals surface area contributed by atoms with E-state index in [2.05, 4.69) is 15.6 Å². The summed E-state index contributed by atoms with van der Waals surface area (Å²) in [7, 11) is 1.79. The molecule has 1 amide bonds. The molecule has 0 atom stereocenters. The van der Waals surface area contributed by atoms with E-state index in [0.717, 1.165) is 22.5 Å². The van der Waals surface area contributed by atoms with Gasteiger partial charge in [0.15, 0.2) is 0 Å². The third kappa shape index (κ3) is 5.75. The number of benzene rings is 2. The molecule has 0 spiro atoms. The Labute approximate surface area is 199 Å². The van der Waals surface area contributed by atoms with Crippen LogP contribution in [0.5, 0.6) is 5.75 Å². The van der Waals surface area contributed by atoms with Gasteiger partial charge in [-0.3, -0.25) is 9.78 Å². The molecule has 2 heterocycles. The molecule has 33 heavy (non-hydrogen) atoms. The summed E-state index contributed by atoms with van der Waals surface area (Å²) in [6.07, 6.45) is 4.15. The Morgan fingerprint density at radius 2 is 1.82 bits per heavy atom. The first kappa shape index (κ1) is 22.5. The van der Waals surface area contributed by atoms with Crippen LogP contribution >= 0.6 is 12.2 Å². The van der Waals surface area contributed by atoms with E-state index in [0.29, 0.717) is 42.4 Å². The van der Waals surface area contributed by atoms with E-state index in [4.69, 9.17) is 17.0 Å². The Morgan fingerprint density at radius 3 is 2.58 bits per heavy atom. The standard InChI is InChI=1S/C26H26N4O2S/c1-30-15-13-22(24(26(30)31)25(33)29-21-10-6-3-7-11-21)28-16-20-12-14-27-17-23(20)32-18-19-8-4-2-5-9-19/h2-12,14,17,28H,13,15-16,18H2,1H3,(H,29,33). The SMILES string of the molecule is CN1CCC(NCc2ccncc2OCc2ccccc2)=C(C(=S)Nc2ccccc2)C1=O. The smallest absolute Gasteiger partial charge is 0.258 e. The maximum atomic E-state index is 13.0. The molecule has 168 valence electrons. The van der Waals surface area contributed by atoms with Gasteiger partial charge in [-0.1, -0.05) is 60.7 Å². The molecule has 1 aromatic heterocycles. The number of hydrogen-bond donors (Lipinski definition) is 2. The Bertz CT molecular complexity index is 1150. The molecule has 2 aromatic carbocycles. The molecule has 0 aliphatic carbocycles. The van der Waals surface area contributed by atoms with Crippen LogP contribution in [0, 0.1) is 0 Å². The largest absolute Gasteiger partial charge is 0.487 e. The van der Waals surface area contributed by atoms with Crippen LogP contribution in [0.3, 0.4) is 0 Å². The number of likely N-dealkylation sites (N-methyl/N-ethyl adjacent to an activating group) is 1. The third-order valence-electron chi connectivity index (χ3n) is 5.42. The number of carbonyl (C=O) groups is 1. The summed E-state index contributed by atoms with van der Waals surface area (Å²) in [5.74, 6) is 0.618. The minimum absolute atomic E-state index is 0.0903. The van der Waals surface area contributed by atoms with Crippen LogP contribution in [-0.4, -0.2) is 34.4 Å². The van der Waals surface area contributed by atoms with Crippen molar-refractivity contribution in [3.63, 3.8) is 0 Å². The predicted molar refractivity (Wildman–Crippen MR) is 134 cm³/mol. The number of nitrogens with one attached hydrogen (secondary N) is 2. The molecular weight excluding hydrogens is 432 g/mol. The van der Waals surface area contributed by atoms with Gasteiger partial charge in [0.05, 0.1) is 11.8 Å². The summed E-state index contributed by atoms with van der Waals surface area (Å²) < 4.78 is 6.02. The summed E-state index contributed by atoms with van der Waals surface area (Å²) in [6, 6.07) is 21.6. The van der Waals surface area contributed by atoms with E-state index < -0.39 is 0 Å². The van der Waals surface area contributed by atoms with Crippen molar-refractivity contribution in [3.05, 3.63) is 102 Å². The minimum Gasteiger partial charge on any atom is -0.487 e. The van der Waals surface area contributed by atoms with Gasteiger partial charge in [-0.2, -0.15) is 0 Å². The summed E-state index contributed by atoms with van der Waals surface area (Å²) >= 11 is 5.62. The predicted octanol–water partition coefficient (Wildman–Crippen LogP) is 4.31. The van der Waals surface area contributed by atoms with Crippen LogP contribution in [0.25, 0.3) is 0 Å². The van der Waals surface area contributed by atoms with Crippen LogP contribution in [0.4, 0.5) is 5.69 Å². The molecule has 0 unspecified atom stereocenters. The van der Waals surface area contributed by atoms with Gasteiger partial charge in [-0.25, -0.2) is 0 Å². The van der Waals surface area contributed by atoms with E-state index >= 15 is 0 Å². The fraction of sp³-hybridized carbons (Fsp3) is 0.192. The van der Waals surface area contributed by atoms with Gasteiger partial charge in [0, 0.05) is 49.7 Å². The van der Waals surface area contributed by atoms with Crippen LogP contribution in [0.1, 0.15) is 17.5 Å². The number of anilines is 1. The number of thiocarbonyl (C=S) groups is 1. The lowest BCUT2D eigenvalue weighted by Gasteiger charge is -2.29. The first-order valence-electron chi connectivity index (χ1n) is 10.8. The number of amides is 1. The first-order valence-corrected chi connectivity index (χ1v) is 11.2. The first-order chi connectivity index (χ1) is 16.1. The number of carbonyl (C=O) groups excluding carboxylic acids is 1. The molecule has 6 nitrogen and oxygen atoms in total. The molecule has 4 rings (SSSR count). The Hall–Kier alpha value is -3.71. The second-order valence-corrected chi connectivity index (χ2v) is 8.17. The molecule has 0 saturated heterocycles. The quantitative estimate of drug-likeness (QED) is 0.491. The maximum Gasteiger partial charge on any atom is 0.258 e. The fourth-order valence-electron chi connectivity index (χ4n) is 3.57. The highest BCUT2D eigenvalue weighted by Crippen LogP contribution is 2.22. The van der Waals surface area contributed by atoms with Gasteiger partial charge >= 0.3 is 0 Å². The van der Waals surface area contributed by atoms with Crippen molar-refractivity contribution < 1.29 is 9.53 Å². The van der Waals surface area contributed by atoms with E-state index in [1.54, 1.807) is 24.3 Å². The Balaban J connectivity index is 1.50. The average molecular weight is 459 g/mol. The number of pyridine rings is 1. The molecule has 2 N–H and O–H groups in total. The van der Waals surface area contributed by atoms with Crippen molar-refractivity contribution in [1.82, 2.24) is 15.2 Å². The topological polar surface area (TPSA) is 66.5 Å². The van der Waals surface area contributed by atoms with Crippen molar-refractivity contribution in [2.75, 3.05) is 18.9 Å². The van der Waals surface area contributed by atoms with Gasteiger partial charge in [0.25, 0.3) is 5.91 Å². The van der Waals surface area contributed by atoms with Crippen LogP contribution < -0.4 is 15.4 Å². The second-order valence-electron chi connectivity index (χ2n) is 7.76. The fourth-order valence-corrected chi connectivity index (χ4v) is 3.90. The van der Waals surface area contributed by atoms with Gasteiger partial charge in [0.1, 0.15) is 17.3 Å². The Kier molecular flexibility index (Phi) is 7.32. The van der Waals surface area contributed by atoms with Gasteiger partial charge < -0.3 is 20.3 Å². The molecule has 0 saturated carbocycles. The molecular formula is C26H26N4O2S. The molecule has 1 aliphatic heterocycles. The minimum atomic E-state index is -0.0903. The number of nitrogens with zero attached hydrogens (tertiary/aromatic N) is 2. The van der Waals surface area contributed by atoms with Gasteiger partial charge in [-0.15, -0.1) is 0 Å². The highest BCUT2D eigenvalue weighted by atomic mass is 32.1. The number of rotatable bonds is 8. The highest BCUT2D eigenvalue weighted by molar-refractivity contribution is 7.81. The zero-order valence-corrected chi connectivity index (χ0v) is 19.3. The second kappa shape index (κ2) is 10.7. The van der Waals surface area contributed by atoms with E-state index in [9.17, 15) is 4.79 Å². The van der Waals surface area contributed by atoms with Crippen LogP contribution in [-0.2, 0) is 17.9 Å². The third-order valence-corrected chi connectivity index (χ3v) is 5.72. The van der Waals surface area contributed by atoms with Gasteiger partial charge in [-0.05, 0) is 23.8 Å². The summed E-state index contributed by atoms with van der Waals surface area (Å²) in [4.78, 5) is 19.3. The molecule has 1 aliphatic rings. The number of para-hydroxylation sites is 1. The molecule has 0 bridgehead atoms. The molecule has 3 aromatic rings. The number of hydrogen-bond acceptors (Lipinski definition) is 5. The normalized spacial score (nSPS) is 13.6. The van der Waals surface area contributed by atoms with Crippen LogP contribution in [0.2, 0.25) is 0 Å². The van der Waals surface area contributed by atoms with Crippen molar-refractivity contribution >= 4 is 28.8 Å². The van der Waals surface area contributed by atoms with Crippen molar-refractivity contribution in [3.8, 4) is 5.75 Å². The Morgan fingerprint density at radius 1 is 1.09 bits per heavy atom. The van der Waals surface area contributed by atoms with Crippen molar-refractivity contribution in [1.29, 1.82) is 0 Å². The maximum absolute atomic E-state index is 13.0. The van der Waals surface area contributed by atoms with Crippen molar-refractivity contribution in [2.45, 2.75) is 19.6 Å². The molecule has 7 heteroatoms. The lowest BCUT2D eigenvalue weighted by molar-refractivity contribution is -0.126. The van der Waals surface area contributed by atoms with Crippen LogP contribution in [0.15, 0.2) is 90.4 Å². The summed E-state index contributed by atoms with van der Waals surface area (Å²) in [5.41, 5.74) is 4.23. The van der Waals surface area contributed by atoms with E-state index in [1.807, 2.05) is 66.7 Å². The lowest BCUT2D eigenvalue weighted by Crippen LogP contribution is -2.40. The zero-order chi connectivity index (χ0) is 23.0. The van der Waals surface area contributed by atoms with Gasteiger partial charge in [0.2, 0.25) is 0 Å². The number of aromatic nitrogens is 1. The summed E-state index contributed by atoms with van der Waals surface area (Å²) in [5, 5.41) is 6.63. The lowest BCUT2D eigenvalue weighted by atomic mass is 10.0. The van der Waals surface area contributed by atoms with E-state index in [1.165, 1.54) is 0 Å². The summed E-state index contributed by atoms with van der Waals surface area (Å²) in [6.45, 7) is 1.59. The molecule has 0 fully saturated rings. The molecule has 0 radical (unpaired) electrons. The van der Waals surface area contributed by atoms with E-state index in [-0.39, 0.29) is 5.91 Å². The number of ether oxygens (including phenoxy) is 1. The highest BCUT2D eigenvalue weighted by Gasteiger charge is 2.28. The van der Waals surface area contributed by atoms with Crippen molar-refractivity contribution in [2.24, 2.45) is 0 Å². The average Bonchev–Trinajstić information content (AvgIpc) is 2.85.